The monoisotopic (exact) mass is 460 g/mol. The minimum absolute atomic E-state index is 0.136. The number of anilines is 2. The molecule has 0 spiro atoms. The molecule has 7 nitrogen and oxygen atoms in total. The van der Waals surface area contributed by atoms with Gasteiger partial charge in [0.25, 0.3) is 6.43 Å². The van der Waals surface area contributed by atoms with Crippen molar-refractivity contribution >= 4 is 22.5 Å². The second-order valence-electron chi connectivity index (χ2n) is 7.95. The molecule has 33 heavy (non-hydrogen) atoms. The summed E-state index contributed by atoms with van der Waals surface area (Å²) in [5.74, 6) is -0.00101. The fourth-order valence-electron chi connectivity index (χ4n) is 4.11. The maximum Gasteiger partial charge on any atom is 0.266 e. The van der Waals surface area contributed by atoms with E-state index in [1.54, 1.807) is 14.0 Å². The Morgan fingerprint density at radius 3 is 2.52 bits per heavy atom. The van der Waals surface area contributed by atoms with Crippen LogP contribution in [0.2, 0.25) is 0 Å². The van der Waals surface area contributed by atoms with Crippen molar-refractivity contribution in [3.8, 4) is 5.88 Å². The number of fused-ring (bicyclic) bond motifs is 1. The molecule has 0 amide bonds. The molecule has 1 N–H and O–H groups in total. The van der Waals surface area contributed by atoms with Gasteiger partial charge in [-0.15, -0.1) is 0 Å². The van der Waals surface area contributed by atoms with Crippen molar-refractivity contribution in [2.45, 2.75) is 26.3 Å². The highest BCUT2D eigenvalue weighted by atomic mass is 19.3. The summed E-state index contributed by atoms with van der Waals surface area (Å²) < 4.78 is 46.5. The summed E-state index contributed by atoms with van der Waals surface area (Å²) in [4.78, 5) is 17.7. The Kier molecular flexibility index (Phi) is 6.83. The number of aromatic nitrogens is 3. The number of halogens is 3. The van der Waals surface area contributed by atoms with Crippen LogP contribution in [-0.2, 0) is 0 Å². The summed E-state index contributed by atoms with van der Waals surface area (Å²) in [5.41, 5.74) is 0.775. The number of pyridine rings is 1. The Balaban J connectivity index is 1.68. The van der Waals surface area contributed by atoms with Gasteiger partial charge in [0, 0.05) is 31.7 Å². The number of benzene rings is 1. The van der Waals surface area contributed by atoms with Gasteiger partial charge in [-0.3, -0.25) is 0 Å². The smallest absolute Gasteiger partial charge is 0.266 e. The Bertz CT molecular complexity index is 1120. The number of piperazine rings is 1. The summed E-state index contributed by atoms with van der Waals surface area (Å²) in [6.45, 7) is 8.37. The summed E-state index contributed by atoms with van der Waals surface area (Å²) in [6, 6.07) is 5.32. The van der Waals surface area contributed by atoms with Gasteiger partial charge in [-0.1, -0.05) is 25.1 Å². The number of hydrogen-bond acceptors (Lipinski definition) is 7. The van der Waals surface area contributed by atoms with Crippen molar-refractivity contribution < 1.29 is 17.9 Å². The van der Waals surface area contributed by atoms with E-state index in [2.05, 4.69) is 37.0 Å². The standard InChI is InChI=1S/C23H27F3N6O/c1-4-31-8-10-32(11-9-31)18-12-17-21(27-13-28-22(17)30-23(18)33-3)29-14(2)15-6-5-7-16(19(15)24)20(25)26/h5-7,12-14,20H,4,8-11H2,1-3H3,(H,27,28,29,30)/t14-/m1/s1. The highest BCUT2D eigenvalue weighted by Crippen LogP contribution is 2.34. The molecule has 1 fully saturated rings. The molecule has 4 rings (SSSR count). The first kappa shape index (κ1) is 23.0. The van der Waals surface area contributed by atoms with Crippen LogP contribution in [0.15, 0.2) is 30.6 Å². The third-order valence-electron chi connectivity index (χ3n) is 6.04. The number of ether oxygens (including phenoxy) is 1. The lowest BCUT2D eigenvalue weighted by Gasteiger charge is -2.35. The van der Waals surface area contributed by atoms with E-state index in [9.17, 15) is 13.2 Å². The lowest BCUT2D eigenvalue weighted by Crippen LogP contribution is -2.46. The van der Waals surface area contributed by atoms with Crippen molar-refractivity contribution in [1.82, 2.24) is 19.9 Å². The maximum absolute atomic E-state index is 14.7. The van der Waals surface area contributed by atoms with E-state index in [0.717, 1.165) is 44.5 Å². The molecule has 3 aromatic rings. The Labute approximate surface area is 190 Å². The fourth-order valence-corrected chi connectivity index (χ4v) is 4.11. The zero-order chi connectivity index (χ0) is 23.5. The predicted molar refractivity (Wildman–Crippen MR) is 122 cm³/mol. The number of methoxy groups -OCH3 is 1. The van der Waals surface area contributed by atoms with Crippen LogP contribution in [0.4, 0.5) is 24.7 Å². The number of nitrogens with one attached hydrogen (secondary N) is 1. The maximum atomic E-state index is 14.7. The second kappa shape index (κ2) is 9.78. The van der Waals surface area contributed by atoms with Crippen LogP contribution < -0.4 is 15.0 Å². The molecule has 0 bridgehead atoms. The van der Waals surface area contributed by atoms with Gasteiger partial charge in [0.2, 0.25) is 5.88 Å². The Morgan fingerprint density at radius 2 is 1.85 bits per heavy atom. The van der Waals surface area contributed by atoms with E-state index < -0.39 is 23.8 Å². The van der Waals surface area contributed by atoms with Crippen LogP contribution in [-0.4, -0.2) is 59.7 Å². The summed E-state index contributed by atoms with van der Waals surface area (Å²) in [5, 5.41) is 3.79. The second-order valence-corrected chi connectivity index (χ2v) is 7.95. The average Bonchev–Trinajstić information content (AvgIpc) is 2.83. The first-order valence-electron chi connectivity index (χ1n) is 10.9. The lowest BCUT2D eigenvalue weighted by molar-refractivity contribution is 0.146. The van der Waals surface area contributed by atoms with Crippen molar-refractivity contribution in [2.75, 3.05) is 50.1 Å². The zero-order valence-corrected chi connectivity index (χ0v) is 18.9. The predicted octanol–water partition coefficient (Wildman–Crippen LogP) is 4.43. The van der Waals surface area contributed by atoms with Gasteiger partial charge >= 0.3 is 0 Å². The normalized spacial score (nSPS) is 15.8. The first-order chi connectivity index (χ1) is 15.9. The number of nitrogens with zero attached hydrogens (tertiary/aromatic N) is 5. The molecule has 0 aliphatic carbocycles. The Morgan fingerprint density at radius 1 is 1.12 bits per heavy atom. The van der Waals surface area contributed by atoms with Gasteiger partial charge in [-0.05, 0) is 19.5 Å². The Hall–Kier alpha value is -3.14. The SMILES string of the molecule is CCN1CCN(c2cc3c(N[C@H](C)c4cccc(C(F)F)c4F)ncnc3nc2OC)CC1. The van der Waals surface area contributed by atoms with E-state index in [1.165, 1.54) is 18.5 Å². The van der Waals surface area contributed by atoms with E-state index in [1.807, 2.05) is 6.07 Å². The molecule has 1 aliphatic heterocycles. The van der Waals surface area contributed by atoms with E-state index in [-0.39, 0.29) is 5.56 Å². The number of hydrogen-bond donors (Lipinski definition) is 1. The molecular formula is C23H27F3N6O. The summed E-state index contributed by atoms with van der Waals surface area (Å²) >= 11 is 0. The quantitative estimate of drug-likeness (QED) is 0.560. The van der Waals surface area contributed by atoms with Crippen molar-refractivity contribution in [2.24, 2.45) is 0 Å². The van der Waals surface area contributed by atoms with Crippen molar-refractivity contribution in [1.29, 1.82) is 0 Å². The molecule has 0 saturated carbocycles. The first-order valence-corrected chi connectivity index (χ1v) is 10.9. The summed E-state index contributed by atoms with van der Waals surface area (Å²) in [6.07, 6.45) is -1.53. The fraction of sp³-hybridized carbons (Fsp3) is 0.435. The van der Waals surface area contributed by atoms with Gasteiger partial charge < -0.3 is 19.9 Å². The molecule has 1 atom stereocenters. The minimum atomic E-state index is -2.88. The molecule has 2 aromatic heterocycles. The molecule has 3 heterocycles. The van der Waals surface area contributed by atoms with E-state index in [0.29, 0.717) is 22.7 Å². The van der Waals surface area contributed by atoms with Crippen LogP contribution in [0.25, 0.3) is 11.0 Å². The number of likely N-dealkylation sites (N-methyl/N-ethyl adjacent to an activating group) is 1. The summed E-state index contributed by atoms with van der Waals surface area (Å²) in [7, 11) is 1.57. The highest BCUT2D eigenvalue weighted by Gasteiger charge is 2.23. The largest absolute Gasteiger partial charge is 0.479 e. The molecular weight excluding hydrogens is 433 g/mol. The van der Waals surface area contributed by atoms with Crippen LogP contribution in [0.1, 0.15) is 37.4 Å². The zero-order valence-electron chi connectivity index (χ0n) is 18.9. The van der Waals surface area contributed by atoms with Crippen LogP contribution in [0, 0.1) is 5.82 Å². The van der Waals surface area contributed by atoms with Gasteiger partial charge in [0.1, 0.15) is 23.6 Å². The third kappa shape index (κ3) is 4.66. The lowest BCUT2D eigenvalue weighted by atomic mass is 10.0. The van der Waals surface area contributed by atoms with E-state index in [4.69, 9.17) is 4.74 Å². The number of alkyl halides is 2. The number of rotatable bonds is 7. The van der Waals surface area contributed by atoms with Crippen molar-refractivity contribution in [3.05, 3.63) is 47.5 Å². The molecule has 10 heteroatoms. The van der Waals surface area contributed by atoms with Crippen LogP contribution in [0.5, 0.6) is 5.88 Å². The molecule has 176 valence electrons. The van der Waals surface area contributed by atoms with Crippen LogP contribution in [0.3, 0.4) is 0 Å². The van der Waals surface area contributed by atoms with Gasteiger partial charge in [0.05, 0.1) is 24.1 Å². The molecule has 0 unspecified atom stereocenters. The van der Waals surface area contributed by atoms with Gasteiger partial charge in [-0.25, -0.2) is 23.1 Å². The minimum Gasteiger partial charge on any atom is -0.479 e. The molecule has 1 aliphatic rings. The average molecular weight is 461 g/mol. The van der Waals surface area contributed by atoms with E-state index >= 15 is 0 Å². The van der Waals surface area contributed by atoms with Gasteiger partial charge in [0.15, 0.2) is 5.65 Å². The van der Waals surface area contributed by atoms with Crippen LogP contribution >= 0.6 is 0 Å². The molecule has 1 saturated heterocycles. The molecule has 1 aromatic carbocycles. The third-order valence-corrected chi connectivity index (χ3v) is 6.04. The highest BCUT2D eigenvalue weighted by molar-refractivity contribution is 5.90. The molecule has 0 radical (unpaired) electrons. The topological polar surface area (TPSA) is 66.4 Å². The van der Waals surface area contributed by atoms with Crippen molar-refractivity contribution in [3.63, 3.8) is 0 Å². The van der Waals surface area contributed by atoms with Gasteiger partial charge in [-0.2, -0.15) is 4.98 Å².